The largest absolute Gasteiger partial charge is 0.465 e. The Labute approximate surface area is 88.2 Å². The van der Waals surface area contributed by atoms with Crippen LogP contribution in [0.5, 0.6) is 0 Å². The van der Waals surface area contributed by atoms with Crippen LogP contribution in [-0.4, -0.2) is 13.1 Å². The van der Waals surface area contributed by atoms with Crippen LogP contribution in [-0.2, 0) is 4.74 Å². The topological polar surface area (TPSA) is 50.1 Å². The average Bonchev–Trinajstić information content (AvgIpc) is 2.15. The highest BCUT2D eigenvalue weighted by Crippen LogP contribution is 2.20. The van der Waals surface area contributed by atoms with Crippen LogP contribution in [0.25, 0.3) is 0 Å². The van der Waals surface area contributed by atoms with Crippen molar-refractivity contribution in [3.05, 3.63) is 33.5 Å². The zero-order valence-electron chi connectivity index (χ0n) is 7.17. The van der Waals surface area contributed by atoms with Crippen molar-refractivity contribution in [3.63, 3.8) is 0 Å². The standard InChI is InChI=1S/C9H5BrFNO2/c1-14-9(13)6-2-5(10)3-8(11)7(6)4-12/h2-3H,1H3. The second kappa shape index (κ2) is 4.20. The molecule has 0 radical (unpaired) electrons. The molecule has 0 N–H and O–H groups in total. The van der Waals surface area contributed by atoms with Crippen molar-refractivity contribution in [2.45, 2.75) is 0 Å². The Balaban J connectivity index is 3.41. The lowest BCUT2D eigenvalue weighted by atomic mass is 10.1. The number of carbonyl (C=O) groups excluding carboxylic acids is 1. The van der Waals surface area contributed by atoms with Crippen molar-refractivity contribution in [1.29, 1.82) is 5.26 Å². The Morgan fingerprint density at radius 3 is 2.79 bits per heavy atom. The third-order valence-electron chi connectivity index (χ3n) is 1.57. The van der Waals surface area contributed by atoms with E-state index in [4.69, 9.17) is 5.26 Å². The molecule has 5 heteroatoms. The maximum Gasteiger partial charge on any atom is 0.339 e. The summed E-state index contributed by atoms with van der Waals surface area (Å²) in [5.74, 6) is -1.48. The van der Waals surface area contributed by atoms with Crippen LogP contribution >= 0.6 is 15.9 Å². The number of benzene rings is 1. The Morgan fingerprint density at radius 1 is 1.64 bits per heavy atom. The normalized spacial score (nSPS) is 9.29. The van der Waals surface area contributed by atoms with Gasteiger partial charge in [0.15, 0.2) is 0 Å². The van der Waals surface area contributed by atoms with Gasteiger partial charge in [0.1, 0.15) is 17.4 Å². The Bertz CT molecular complexity index is 426. The molecule has 0 aliphatic carbocycles. The number of nitrogens with zero attached hydrogens (tertiary/aromatic N) is 1. The predicted molar refractivity (Wildman–Crippen MR) is 50.2 cm³/mol. The van der Waals surface area contributed by atoms with E-state index in [-0.39, 0.29) is 11.1 Å². The van der Waals surface area contributed by atoms with Crippen molar-refractivity contribution >= 4 is 21.9 Å². The summed E-state index contributed by atoms with van der Waals surface area (Å²) in [6, 6.07) is 4.07. The van der Waals surface area contributed by atoms with Gasteiger partial charge in [0.25, 0.3) is 0 Å². The molecule has 0 amide bonds. The number of halogens is 2. The first-order chi connectivity index (χ1) is 6.60. The molecule has 0 aliphatic heterocycles. The van der Waals surface area contributed by atoms with Crippen LogP contribution in [0.4, 0.5) is 4.39 Å². The number of hydrogen-bond acceptors (Lipinski definition) is 3. The molecule has 0 saturated carbocycles. The van der Waals surface area contributed by atoms with Crippen LogP contribution < -0.4 is 0 Å². The lowest BCUT2D eigenvalue weighted by Gasteiger charge is -2.03. The van der Waals surface area contributed by atoms with E-state index in [1.807, 2.05) is 0 Å². The van der Waals surface area contributed by atoms with E-state index in [0.29, 0.717) is 4.47 Å². The number of rotatable bonds is 1. The van der Waals surface area contributed by atoms with E-state index in [0.717, 1.165) is 6.07 Å². The molecule has 72 valence electrons. The van der Waals surface area contributed by atoms with Crippen LogP contribution in [0.2, 0.25) is 0 Å². The summed E-state index contributed by atoms with van der Waals surface area (Å²) in [5.41, 5.74) is -0.387. The summed E-state index contributed by atoms with van der Waals surface area (Å²) in [6.07, 6.45) is 0. The molecular weight excluding hydrogens is 253 g/mol. The number of methoxy groups -OCH3 is 1. The number of hydrogen-bond donors (Lipinski definition) is 0. The molecule has 3 nitrogen and oxygen atoms in total. The fourth-order valence-corrected chi connectivity index (χ4v) is 1.39. The Kier molecular flexibility index (Phi) is 3.20. The molecule has 1 rings (SSSR count). The number of ether oxygens (including phenoxy) is 1. The minimum absolute atomic E-state index is 0.0816. The highest BCUT2D eigenvalue weighted by Gasteiger charge is 2.16. The fraction of sp³-hybridized carbons (Fsp3) is 0.111. The first-order valence-corrected chi connectivity index (χ1v) is 4.37. The molecule has 1 aromatic rings. The first-order valence-electron chi connectivity index (χ1n) is 3.57. The molecule has 0 unspecified atom stereocenters. The number of nitriles is 1. The molecule has 0 saturated heterocycles. The molecule has 0 aromatic heterocycles. The molecule has 0 heterocycles. The summed E-state index contributed by atoms with van der Waals surface area (Å²) in [7, 11) is 1.17. The van der Waals surface area contributed by atoms with E-state index in [9.17, 15) is 9.18 Å². The molecular formula is C9H5BrFNO2. The van der Waals surface area contributed by atoms with Crippen LogP contribution in [0, 0.1) is 17.1 Å². The first kappa shape index (κ1) is 10.7. The lowest BCUT2D eigenvalue weighted by Crippen LogP contribution is -2.05. The van der Waals surface area contributed by atoms with E-state index in [2.05, 4.69) is 20.7 Å². The van der Waals surface area contributed by atoms with E-state index in [1.54, 1.807) is 6.07 Å². The quantitative estimate of drug-likeness (QED) is 0.726. The van der Waals surface area contributed by atoms with Gasteiger partial charge in [0.2, 0.25) is 0 Å². The van der Waals surface area contributed by atoms with Crippen LogP contribution in [0.15, 0.2) is 16.6 Å². The summed E-state index contributed by atoms with van der Waals surface area (Å²) in [5, 5.41) is 8.62. The van der Waals surface area contributed by atoms with Gasteiger partial charge in [-0.3, -0.25) is 0 Å². The van der Waals surface area contributed by atoms with Gasteiger partial charge in [0.05, 0.1) is 12.7 Å². The molecule has 0 bridgehead atoms. The van der Waals surface area contributed by atoms with Gasteiger partial charge in [-0.05, 0) is 12.1 Å². The van der Waals surface area contributed by atoms with Crippen molar-refractivity contribution < 1.29 is 13.9 Å². The molecule has 0 aliphatic rings. The minimum atomic E-state index is -0.748. The van der Waals surface area contributed by atoms with Crippen molar-refractivity contribution in [3.8, 4) is 6.07 Å². The van der Waals surface area contributed by atoms with Crippen molar-refractivity contribution in [1.82, 2.24) is 0 Å². The second-order valence-electron chi connectivity index (χ2n) is 2.41. The monoisotopic (exact) mass is 257 g/mol. The number of esters is 1. The Morgan fingerprint density at radius 2 is 2.29 bits per heavy atom. The molecule has 0 atom stereocenters. The molecule has 1 aromatic carbocycles. The summed E-state index contributed by atoms with van der Waals surface area (Å²) >= 11 is 3.02. The van der Waals surface area contributed by atoms with Gasteiger partial charge in [-0.25, -0.2) is 9.18 Å². The van der Waals surface area contributed by atoms with E-state index < -0.39 is 11.8 Å². The minimum Gasteiger partial charge on any atom is -0.465 e. The summed E-state index contributed by atoms with van der Waals surface area (Å²) in [4.78, 5) is 11.1. The number of carbonyl (C=O) groups is 1. The van der Waals surface area contributed by atoms with Crippen LogP contribution in [0.3, 0.4) is 0 Å². The average molecular weight is 258 g/mol. The lowest BCUT2D eigenvalue weighted by molar-refractivity contribution is 0.0599. The van der Waals surface area contributed by atoms with Gasteiger partial charge >= 0.3 is 5.97 Å². The van der Waals surface area contributed by atoms with E-state index >= 15 is 0 Å². The Hall–Kier alpha value is -1.41. The highest BCUT2D eigenvalue weighted by molar-refractivity contribution is 9.10. The zero-order chi connectivity index (χ0) is 10.7. The van der Waals surface area contributed by atoms with Crippen molar-refractivity contribution in [2.75, 3.05) is 7.11 Å². The third kappa shape index (κ3) is 1.91. The molecule has 0 fully saturated rings. The van der Waals surface area contributed by atoms with Gasteiger partial charge in [-0.1, -0.05) is 15.9 Å². The maximum atomic E-state index is 13.1. The molecule has 0 spiro atoms. The van der Waals surface area contributed by atoms with Gasteiger partial charge < -0.3 is 4.74 Å². The third-order valence-corrected chi connectivity index (χ3v) is 2.03. The summed E-state index contributed by atoms with van der Waals surface area (Å²) < 4.78 is 17.9. The maximum absolute atomic E-state index is 13.1. The van der Waals surface area contributed by atoms with Gasteiger partial charge in [-0.15, -0.1) is 0 Å². The van der Waals surface area contributed by atoms with E-state index in [1.165, 1.54) is 13.2 Å². The van der Waals surface area contributed by atoms with Crippen molar-refractivity contribution in [2.24, 2.45) is 0 Å². The SMILES string of the molecule is COC(=O)c1cc(Br)cc(F)c1C#N. The second-order valence-corrected chi connectivity index (χ2v) is 3.33. The zero-order valence-corrected chi connectivity index (χ0v) is 8.76. The van der Waals surface area contributed by atoms with Gasteiger partial charge in [0, 0.05) is 4.47 Å². The smallest absolute Gasteiger partial charge is 0.339 e. The predicted octanol–water partition coefficient (Wildman–Crippen LogP) is 2.25. The fourth-order valence-electron chi connectivity index (χ4n) is 0.958. The highest BCUT2D eigenvalue weighted by atomic mass is 79.9. The summed E-state index contributed by atoms with van der Waals surface area (Å²) in [6.45, 7) is 0. The molecule has 14 heavy (non-hydrogen) atoms. The van der Waals surface area contributed by atoms with Crippen LogP contribution in [0.1, 0.15) is 15.9 Å². The van der Waals surface area contributed by atoms with Gasteiger partial charge in [-0.2, -0.15) is 5.26 Å².